The molecule has 2 saturated heterocycles. The zero-order chi connectivity index (χ0) is 24.3. The van der Waals surface area contributed by atoms with Crippen LogP contribution in [0.4, 0.5) is 10.1 Å². The van der Waals surface area contributed by atoms with E-state index in [1.54, 1.807) is 0 Å². The number of halogens is 1. The molecule has 9 heteroatoms. The minimum atomic E-state index is -3.71. The molecule has 2 fully saturated rings. The van der Waals surface area contributed by atoms with Gasteiger partial charge in [0, 0.05) is 37.9 Å². The van der Waals surface area contributed by atoms with Gasteiger partial charge in [0.2, 0.25) is 10.0 Å². The van der Waals surface area contributed by atoms with Crippen molar-refractivity contribution < 1.29 is 17.6 Å². The minimum absolute atomic E-state index is 0.0317. The maximum atomic E-state index is 13.4. The molecule has 0 spiro atoms. The van der Waals surface area contributed by atoms with E-state index in [2.05, 4.69) is 21.6 Å². The molecule has 0 bridgehead atoms. The number of rotatable bonds is 6. The summed E-state index contributed by atoms with van der Waals surface area (Å²) in [6.45, 7) is 3.26. The van der Waals surface area contributed by atoms with Crippen LogP contribution in [0.5, 0.6) is 0 Å². The number of hydrogen-bond donors (Lipinski definition) is 1. The standard InChI is InChI=1S/C25H33FN4O3S/c1-28-15-13-21(14-16-28)29(2)25(31)23-5-3-4-6-24(23)30-17-11-20(12-18-30)27-34(32,33)22-9-7-19(26)8-10-22/h3-10,20-21,27H,11-18H2,1-2H3. The summed E-state index contributed by atoms with van der Waals surface area (Å²) in [6, 6.07) is 12.5. The molecule has 0 saturated carbocycles. The van der Waals surface area contributed by atoms with E-state index in [4.69, 9.17) is 0 Å². The summed E-state index contributed by atoms with van der Waals surface area (Å²) in [6.07, 6.45) is 3.18. The fourth-order valence-corrected chi connectivity index (χ4v) is 6.11. The van der Waals surface area contributed by atoms with E-state index < -0.39 is 15.8 Å². The maximum Gasteiger partial charge on any atom is 0.255 e. The normalized spacial score (nSPS) is 18.7. The molecule has 0 aliphatic carbocycles. The second-order valence-corrected chi connectivity index (χ2v) is 11.0. The van der Waals surface area contributed by atoms with Crippen molar-refractivity contribution >= 4 is 21.6 Å². The van der Waals surface area contributed by atoms with E-state index in [0.717, 1.165) is 43.8 Å². The molecular weight excluding hydrogens is 455 g/mol. The van der Waals surface area contributed by atoms with Crippen LogP contribution in [0.15, 0.2) is 53.4 Å². The van der Waals surface area contributed by atoms with E-state index in [-0.39, 0.29) is 22.9 Å². The fourth-order valence-electron chi connectivity index (χ4n) is 4.81. The highest BCUT2D eigenvalue weighted by molar-refractivity contribution is 7.89. The number of nitrogens with zero attached hydrogens (tertiary/aromatic N) is 3. The number of nitrogens with one attached hydrogen (secondary N) is 1. The van der Waals surface area contributed by atoms with Crippen LogP contribution in [0.25, 0.3) is 0 Å². The zero-order valence-corrected chi connectivity index (χ0v) is 20.6. The molecule has 0 radical (unpaired) electrons. The lowest BCUT2D eigenvalue weighted by Crippen LogP contribution is -2.46. The second kappa shape index (κ2) is 10.4. The number of para-hydroxylation sites is 1. The number of benzene rings is 2. The lowest BCUT2D eigenvalue weighted by Gasteiger charge is -2.37. The molecular formula is C25H33FN4O3S. The van der Waals surface area contributed by atoms with Crippen molar-refractivity contribution in [1.29, 1.82) is 0 Å². The van der Waals surface area contributed by atoms with E-state index in [1.807, 2.05) is 36.2 Å². The number of likely N-dealkylation sites (tertiary alicyclic amines) is 1. The van der Waals surface area contributed by atoms with E-state index >= 15 is 0 Å². The van der Waals surface area contributed by atoms with Crippen molar-refractivity contribution in [3.05, 3.63) is 59.9 Å². The van der Waals surface area contributed by atoms with Crippen molar-refractivity contribution in [2.75, 3.05) is 45.2 Å². The third-order valence-electron chi connectivity index (χ3n) is 6.97. The number of piperidine rings is 2. The Morgan fingerprint density at radius 3 is 2.24 bits per heavy atom. The van der Waals surface area contributed by atoms with Crippen LogP contribution in [-0.2, 0) is 10.0 Å². The highest BCUT2D eigenvalue weighted by Crippen LogP contribution is 2.27. The van der Waals surface area contributed by atoms with E-state index in [9.17, 15) is 17.6 Å². The first-order chi connectivity index (χ1) is 16.2. The first-order valence-electron chi connectivity index (χ1n) is 11.8. The highest BCUT2D eigenvalue weighted by Gasteiger charge is 2.29. The monoisotopic (exact) mass is 488 g/mol. The van der Waals surface area contributed by atoms with Gasteiger partial charge in [0.25, 0.3) is 5.91 Å². The molecule has 2 aliphatic rings. The van der Waals surface area contributed by atoms with Gasteiger partial charge < -0.3 is 14.7 Å². The van der Waals surface area contributed by atoms with Gasteiger partial charge in [0.1, 0.15) is 5.82 Å². The summed E-state index contributed by atoms with van der Waals surface area (Å²) in [5.74, 6) is -0.439. The predicted octanol–water partition coefficient (Wildman–Crippen LogP) is 2.94. The lowest BCUT2D eigenvalue weighted by molar-refractivity contribution is 0.0660. The van der Waals surface area contributed by atoms with Gasteiger partial charge in [-0.25, -0.2) is 17.5 Å². The van der Waals surface area contributed by atoms with Crippen molar-refractivity contribution in [1.82, 2.24) is 14.5 Å². The number of carbonyl (C=O) groups is 1. The predicted molar refractivity (Wildman–Crippen MR) is 131 cm³/mol. The van der Waals surface area contributed by atoms with Crippen molar-refractivity contribution in [3.8, 4) is 0 Å². The summed E-state index contributed by atoms with van der Waals surface area (Å²) in [4.78, 5) is 19.8. The largest absolute Gasteiger partial charge is 0.371 e. The Bertz CT molecular complexity index is 1090. The Morgan fingerprint density at radius 2 is 1.59 bits per heavy atom. The topological polar surface area (TPSA) is 73.0 Å². The second-order valence-electron chi connectivity index (χ2n) is 9.30. The maximum absolute atomic E-state index is 13.4. The van der Waals surface area contributed by atoms with Gasteiger partial charge in [-0.3, -0.25) is 4.79 Å². The van der Waals surface area contributed by atoms with Crippen LogP contribution in [0, 0.1) is 5.82 Å². The number of hydrogen-bond acceptors (Lipinski definition) is 5. The Morgan fingerprint density at radius 1 is 0.971 bits per heavy atom. The molecule has 184 valence electrons. The average molecular weight is 489 g/mol. The molecule has 0 aromatic heterocycles. The summed E-state index contributed by atoms with van der Waals surface area (Å²) in [5, 5.41) is 0. The van der Waals surface area contributed by atoms with Gasteiger partial charge in [0.05, 0.1) is 10.5 Å². The number of carbonyl (C=O) groups excluding carboxylic acids is 1. The Labute approximate surface area is 201 Å². The van der Waals surface area contributed by atoms with Gasteiger partial charge in [-0.05, 0) is 82.2 Å². The van der Waals surface area contributed by atoms with Crippen LogP contribution in [0.2, 0.25) is 0 Å². The Hall–Kier alpha value is -2.49. The molecule has 4 rings (SSSR count). The molecule has 7 nitrogen and oxygen atoms in total. The first-order valence-corrected chi connectivity index (χ1v) is 13.3. The zero-order valence-electron chi connectivity index (χ0n) is 19.8. The molecule has 1 N–H and O–H groups in total. The molecule has 0 atom stereocenters. The third-order valence-corrected chi connectivity index (χ3v) is 8.51. The van der Waals surface area contributed by atoms with E-state index in [0.29, 0.717) is 31.5 Å². The molecule has 2 aromatic carbocycles. The van der Waals surface area contributed by atoms with Gasteiger partial charge in [-0.2, -0.15) is 0 Å². The number of sulfonamides is 1. The summed E-state index contributed by atoms with van der Waals surface area (Å²) >= 11 is 0. The van der Waals surface area contributed by atoms with E-state index in [1.165, 1.54) is 12.1 Å². The minimum Gasteiger partial charge on any atom is -0.371 e. The lowest BCUT2D eigenvalue weighted by atomic mass is 10.0. The molecule has 2 aromatic rings. The Balaban J connectivity index is 1.40. The van der Waals surface area contributed by atoms with Crippen molar-refractivity contribution in [3.63, 3.8) is 0 Å². The average Bonchev–Trinajstić information content (AvgIpc) is 2.84. The summed E-state index contributed by atoms with van der Waals surface area (Å²) in [5.41, 5.74) is 1.58. The Kier molecular flexibility index (Phi) is 7.54. The smallest absolute Gasteiger partial charge is 0.255 e. The third kappa shape index (κ3) is 5.59. The van der Waals surface area contributed by atoms with Crippen LogP contribution in [0.3, 0.4) is 0 Å². The molecule has 1 amide bonds. The highest BCUT2D eigenvalue weighted by atomic mass is 32.2. The number of amides is 1. The van der Waals surface area contributed by atoms with Crippen molar-refractivity contribution in [2.45, 2.75) is 42.7 Å². The SMILES string of the molecule is CN1CCC(N(C)C(=O)c2ccccc2N2CCC(NS(=O)(=O)c3ccc(F)cc3)CC2)CC1. The summed E-state index contributed by atoms with van der Waals surface area (Å²) < 4.78 is 41.2. The number of anilines is 1. The van der Waals surface area contributed by atoms with Gasteiger partial charge >= 0.3 is 0 Å². The van der Waals surface area contributed by atoms with Crippen molar-refractivity contribution in [2.24, 2.45) is 0 Å². The quantitative estimate of drug-likeness (QED) is 0.677. The van der Waals surface area contributed by atoms with Crippen LogP contribution < -0.4 is 9.62 Å². The molecule has 0 unspecified atom stereocenters. The summed E-state index contributed by atoms with van der Waals surface area (Å²) in [7, 11) is 0.295. The van der Waals surface area contributed by atoms with Gasteiger partial charge in [-0.15, -0.1) is 0 Å². The van der Waals surface area contributed by atoms with Crippen LogP contribution in [-0.4, -0.2) is 76.5 Å². The molecule has 2 aliphatic heterocycles. The van der Waals surface area contributed by atoms with Gasteiger partial charge in [0.15, 0.2) is 0 Å². The molecule has 2 heterocycles. The van der Waals surface area contributed by atoms with Crippen LogP contribution in [0.1, 0.15) is 36.0 Å². The van der Waals surface area contributed by atoms with Crippen LogP contribution >= 0.6 is 0 Å². The fraction of sp³-hybridized carbons (Fsp3) is 0.480. The first kappa shape index (κ1) is 24.6. The molecule has 34 heavy (non-hydrogen) atoms. The van der Waals surface area contributed by atoms with Gasteiger partial charge in [-0.1, -0.05) is 12.1 Å².